The molecule has 1 aromatic rings. The average molecular weight is 326 g/mol. The SMILES string of the molecule is CNCCC1CN(c2ccccc2Br)CCCN1C. The molecular weight excluding hydrogens is 302 g/mol. The molecule has 3 nitrogen and oxygen atoms in total. The van der Waals surface area contributed by atoms with Crippen molar-refractivity contribution in [2.24, 2.45) is 0 Å². The molecular formula is C15H24BrN3. The van der Waals surface area contributed by atoms with E-state index in [2.05, 4.69) is 62.4 Å². The Labute approximate surface area is 125 Å². The molecule has 1 aliphatic rings. The third kappa shape index (κ3) is 3.94. The van der Waals surface area contributed by atoms with E-state index >= 15 is 0 Å². The molecule has 0 saturated carbocycles. The summed E-state index contributed by atoms with van der Waals surface area (Å²) in [6.07, 6.45) is 2.43. The topological polar surface area (TPSA) is 18.5 Å². The highest BCUT2D eigenvalue weighted by molar-refractivity contribution is 9.10. The maximum absolute atomic E-state index is 3.68. The van der Waals surface area contributed by atoms with E-state index in [1.54, 1.807) is 0 Å². The van der Waals surface area contributed by atoms with E-state index in [0.29, 0.717) is 6.04 Å². The molecule has 0 aliphatic carbocycles. The van der Waals surface area contributed by atoms with Gasteiger partial charge in [-0.15, -0.1) is 0 Å². The molecule has 1 aliphatic heterocycles. The molecule has 0 bridgehead atoms. The van der Waals surface area contributed by atoms with Gasteiger partial charge < -0.3 is 15.1 Å². The zero-order valence-corrected chi connectivity index (χ0v) is 13.5. The zero-order chi connectivity index (χ0) is 13.7. The fraction of sp³-hybridized carbons (Fsp3) is 0.600. The zero-order valence-electron chi connectivity index (χ0n) is 11.9. The molecule has 0 aromatic heterocycles. The van der Waals surface area contributed by atoms with Crippen molar-refractivity contribution < 1.29 is 0 Å². The summed E-state index contributed by atoms with van der Waals surface area (Å²) >= 11 is 3.68. The van der Waals surface area contributed by atoms with Crippen LogP contribution in [0.5, 0.6) is 0 Å². The minimum absolute atomic E-state index is 0.627. The molecule has 0 radical (unpaired) electrons. The van der Waals surface area contributed by atoms with E-state index in [4.69, 9.17) is 0 Å². The van der Waals surface area contributed by atoms with Gasteiger partial charge in [0.05, 0.1) is 5.69 Å². The van der Waals surface area contributed by atoms with E-state index in [9.17, 15) is 0 Å². The molecule has 19 heavy (non-hydrogen) atoms. The van der Waals surface area contributed by atoms with Crippen LogP contribution in [0.15, 0.2) is 28.7 Å². The third-order valence-electron chi connectivity index (χ3n) is 3.91. The normalized spacial score (nSPS) is 21.4. The van der Waals surface area contributed by atoms with E-state index in [1.165, 1.54) is 29.5 Å². The first-order valence-electron chi connectivity index (χ1n) is 7.06. The molecule has 106 valence electrons. The number of hydrogen-bond donors (Lipinski definition) is 1. The summed E-state index contributed by atoms with van der Waals surface area (Å²) in [5.74, 6) is 0. The second-order valence-corrected chi connectivity index (χ2v) is 6.13. The van der Waals surface area contributed by atoms with Gasteiger partial charge in [-0.1, -0.05) is 12.1 Å². The average Bonchev–Trinajstić information content (AvgIpc) is 2.59. The van der Waals surface area contributed by atoms with Crippen LogP contribution in [0.25, 0.3) is 0 Å². The van der Waals surface area contributed by atoms with Gasteiger partial charge in [-0.2, -0.15) is 0 Å². The number of nitrogens with zero attached hydrogens (tertiary/aromatic N) is 2. The molecule has 1 fully saturated rings. The van der Waals surface area contributed by atoms with E-state index < -0.39 is 0 Å². The molecule has 1 saturated heterocycles. The minimum Gasteiger partial charge on any atom is -0.369 e. The Hall–Kier alpha value is -0.580. The number of rotatable bonds is 4. The molecule has 0 spiro atoms. The number of hydrogen-bond acceptors (Lipinski definition) is 3. The Balaban J connectivity index is 2.10. The summed E-state index contributed by atoms with van der Waals surface area (Å²) < 4.78 is 1.20. The van der Waals surface area contributed by atoms with Crippen molar-refractivity contribution >= 4 is 21.6 Å². The Morgan fingerprint density at radius 3 is 2.84 bits per heavy atom. The van der Waals surface area contributed by atoms with Crippen molar-refractivity contribution in [3.8, 4) is 0 Å². The van der Waals surface area contributed by atoms with Gasteiger partial charge in [0.2, 0.25) is 0 Å². The number of benzene rings is 1. The van der Waals surface area contributed by atoms with Crippen molar-refractivity contribution in [2.75, 3.05) is 45.2 Å². The molecule has 1 N–H and O–H groups in total. The van der Waals surface area contributed by atoms with Gasteiger partial charge in [0.15, 0.2) is 0 Å². The molecule has 4 heteroatoms. The Morgan fingerprint density at radius 2 is 2.11 bits per heavy atom. The van der Waals surface area contributed by atoms with Gasteiger partial charge in [0.25, 0.3) is 0 Å². The maximum atomic E-state index is 3.68. The summed E-state index contributed by atoms with van der Waals surface area (Å²) in [6, 6.07) is 9.17. The van der Waals surface area contributed by atoms with Crippen LogP contribution >= 0.6 is 15.9 Å². The van der Waals surface area contributed by atoms with E-state index in [-0.39, 0.29) is 0 Å². The maximum Gasteiger partial charge on any atom is 0.0511 e. The van der Waals surface area contributed by atoms with Crippen LogP contribution in [0.1, 0.15) is 12.8 Å². The molecule has 1 atom stereocenters. The number of anilines is 1. The second-order valence-electron chi connectivity index (χ2n) is 5.28. The Morgan fingerprint density at radius 1 is 1.32 bits per heavy atom. The van der Waals surface area contributed by atoms with Gasteiger partial charge in [-0.05, 0) is 68.1 Å². The summed E-state index contributed by atoms with van der Waals surface area (Å²) in [4.78, 5) is 5.03. The summed E-state index contributed by atoms with van der Waals surface area (Å²) in [5, 5.41) is 3.27. The molecule has 1 aromatic carbocycles. The van der Waals surface area contributed by atoms with Gasteiger partial charge in [0, 0.05) is 23.6 Å². The predicted molar refractivity (Wildman–Crippen MR) is 85.9 cm³/mol. The predicted octanol–water partition coefficient (Wildman–Crippen LogP) is 2.57. The third-order valence-corrected chi connectivity index (χ3v) is 4.58. The van der Waals surface area contributed by atoms with Crippen LogP contribution in [0.4, 0.5) is 5.69 Å². The molecule has 1 unspecified atom stereocenters. The number of nitrogens with one attached hydrogen (secondary N) is 1. The van der Waals surface area contributed by atoms with Gasteiger partial charge in [-0.3, -0.25) is 0 Å². The Bertz CT molecular complexity index is 397. The highest BCUT2D eigenvalue weighted by Crippen LogP contribution is 2.27. The van der Waals surface area contributed by atoms with E-state index in [0.717, 1.165) is 19.6 Å². The van der Waals surface area contributed by atoms with Crippen molar-refractivity contribution in [1.29, 1.82) is 0 Å². The van der Waals surface area contributed by atoms with Crippen LogP contribution in [-0.4, -0.2) is 51.2 Å². The van der Waals surface area contributed by atoms with Crippen molar-refractivity contribution in [3.05, 3.63) is 28.7 Å². The Kier molecular flexibility index (Phi) is 5.67. The van der Waals surface area contributed by atoms with Crippen molar-refractivity contribution in [3.63, 3.8) is 0 Å². The number of halogens is 1. The highest BCUT2D eigenvalue weighted by Gasteiger charge is 2.22. The standard InChI is InChI=1S/C15H24BrN3/c1-17-9-8-13-12-19(11-5-10-18(13)2)15-7-4-3-6-14(15)16/h3-4,6-7,13,17H,5,8-12H2,1-2H3. The second kappa shape index (κ2) is 7.27. The number of para-hydroxylation sites is 1. The van der Waals surface area contributed by atoms with Crippen LogP contribution in [-0.2, 0) is 0 Å². The summed E-state index contributed by atoms with van der Waals surface area (Å²) in [5.41, 5.74) is 1.33. The fourth-order valence-electron chi connectivity index (χ4n) is 2.73. The highest BCUT2D eigenvalue weighted by atomic mass is 79.9. The first kappa shape index (κ1) is 14.8. The van der Waals surface area contributed by atoms with Crippen molar-refractivity contribution in [2.45, 2.75) is 18.9 Å². The van der Waals surface area contributed by atoms with Crippen LogP contribution in [0, 0.1) is 0 Å². The van der Waals surface area contributed by atoms with Gasteiger partial charge in [0.1, 0.15) is 0 Å². The first-order chi connectivity index (χ1) is 9.22. The smallest absolute Gasteiger partial charge is 0.0511 e. The lowest BCUT2D eigenvalue weighted by atomic mass is 10.1. The lowest BCUT2D eigenvalue weighted by Crippen LogP contribution is -2.40. The summed E-state index contributed by atoms with van der Waals surface area (Å²) in [6.45, 7) is 4.53. The largest absolute Gasteiger partial charge is 0.369 e. The fourth-order valence-corrected chi connectivity index (χ4v) is 3.26. The van der Waals surface area contributed by atoms with Crippen LogP contribution in [0.2, 0.25) is 0 Å². The summed E-state index contributed by atoms with van der Waals surface area (Å²) in [7, 11) is 4.28. The lowest BCUT2D eigenvalue weighted by Gasteiger charge is -2.30. The minimum atomic E-state index is 0.627. The lowest BCUT2D eigenvalue weighted by molar-refractivity contribution is 0.248. The quantitative estimate of drug-likeness (QED) is 0.917. The van der Waals surface area contributed by atoms with E-state index in [1.807, 2.05) is 7.05 Å². The molecule has 1 heterocycles. The molecule has 0 amide bonds. The van der Waals surface area contributed by atoms with Gasteiger partial charge in [-0.25, -0.2) is 0 Å². The first-order valence-corrected chi connectivity index (χ1v) is 7.86. The number of likely N-dealkylation sites (N-methyl/N-ethyl adjacent to an activating group) is 1. The van der Waals surface area contributed by atoms with Crippen molar-refractivity contribution in [1.82, 2.24) is 10.2 Å². The van der Waals surface area contributed by atoms with Gasteiger partial charge >= 0.3 is 0 Å². The molecule has 2 rings (SSSR count). The monoisotopic (exact) mass is 325 g/mol. The van der Waals surface area contributed by atoms with Crippen LogP contribution in [0.3, 0.4) is 0 Å². The van der Waals surface area contributed by atoms with Crippen LogP contribution < -0.4 is 10.2 Å².